The first-order valence-corrected chi connectivity index (χ1v) is 8.01. The van der Waals surface area contributed by atoms with Crippen LogP contribution in [0.2, 0.25) is 0 Å². The van der Waals surface area contributed by atoms with Crippen molar-refractivity contribution in [3.05, 3.63) is 23.8 Å². The molecule has 1 aliphatic heterocycles. The summed E-state index contributed by atoms with van der Waals surface area (Å²) in [6.45, 7) is 4.34. The zero-order valence-corrected chi connectivity index (χ0v) is 13.1. The fourth-order valence-corrected chi connectivity index (χ4v) is 3.60. The van der Waals surface area contributed by atoms with E-state index in [1.165, 1.54) is 24.8 Å². The number of piperazine rings is 1. The van der Waals surface area contributed by atoms with Gasteiger partial charge in [-0.25, -0.2) is 0 Å². The summed E-state index contributed by atoms with van der Waals surface area (Å²) in [5.74, 6) is 2.66. The number of benzene rings is 1. The summed E-state index contributed by atoms with van der Waals surface area (Å²) >= 11 is 0. The van der Waals surface area contributed by atoms with Crippen LogP contribution in [-0.2, 0) is 0 Å². The Labute approximate surface area is 127 Å². The molecule has 116 valence electrons. The van der Waals surface area contributed by atoms with E-state index in [0.29, 0.717) is 6.04 Å². The predicted octanol–water partition coefficient (Wildman–Crippen LogP) is 2.45. The molecule has 4 heteroatoms. The third-order valence-electron chi connectivity index (χ3n) is 4.90. The van der Waals surface area contributed by atoms with Crippen molar-refractivity contribution in [3.8, 4) is 11.5 Å². The first-order chi connectivity index (χ1) is 10.3. The zero-order chi connectivity index (χ0) is 14.7. The summed E-state index contributed by atoms with van der Waals surface area (Å²) in [4.78, 5) is 2.61. The number of hydrogen-bond acceptors (Lipinski definition) is 4. The van der Waals surface area contributed by atoms with Gasteiger partial charge in [-0.2, -0.15) is 0 Å². The fourth-order valence-electron chi connectivity index (χ4n) is 3.60. The molecule has 1 saturated carbocycles. The number of nitrogens with zero attached hydrogens (tertiary/aromatic N) is 1. The first kappa shape index (κ1) is 14.7. The predicted molar refractivity (Wildman–Crippen MR) is 84.1 cm³/mol. The Hall–Kier alpha value is -1.26. The molecule has 0 unspecified atom stereocenters. The lowest BCUT2D eigenvalue weighted by atomic mass is 9.75. The molecule has 2 aliphatic rings. The molecule has 0 aromatic heterocycles. The Balaban J connectivity index is 1.98. The number of nitrogens with one attached hydrogen (secondary N) is 1. The van der Waals surface area contributed by atoms with Crippen molar-refractivity contribution in [2.45, 2.75) is 25.3 Å². The third-order valence-corrected chi connectivity index (χ3v) is 4.90. The Morgan fingerprint density at radius 3 is 2.19 bits per heavy atom. The molecule has 1 saturated heterocycles. The van der Waals surface area contributed by atoms with Crippen molar-refractivity contribution in [1.29, 1.82) is 0 Å². The monoisotopic (exact) mass is 290 g/mol. The van der Waals surface area contributed by atoms with Crippen molar-refractivity contribution >= 4 is 0 Å². The second-order valence-electron chi connectivity index (χ2n) is 6.00. The van der Waals surface area contributed by atoms with Crippen LogP contribution >= 0.6 is 0 Å². The highest BCUT2D eigenvalue weighted by Gasteiger charge is 2.36. The van der Waals surface area contributed by atoms with Crippen molar-refractivity contribution in [3.63, 3.8) is 0 Å². The van der Waals surface area contributed by atoms with Gasteiger partial charge in [0.25, 0.3) is 0 Å². The molecule has 4 nitrogen and oxygen atoms in total. The highest BCUT2D eigenvalue weighted by Crippen LogP contribution is 2.47. The summed E-state index contributed by atoms with van der Waals surface area (Å²) in [7, 11) is 3.52. The molecule has 1 heterocycles. The third kappa shape index (κ3) is 2.87. The van der Waals surface area contributed by atoms with Gasteiger partial charge in [-0.05, 0) is 30.9 Å². The normalized spacial score (nSPS) is 21.6. The first-order valence-electron chi connectivity index (χ1n) is 8.01. The Morgan fingerprint density at radius 1 is 1.10 bits per heavy atom. The number of hydrogen-bond donors (Lipinski definition) is 1. The maximum atomic E-state index is 5.66. The Kier molecular flexibility index (Phi) is 4.66. The van der Waals surface area contributed by atoms with E-state index in [4.69, 9.17) is 9.47 Å². The molecule has 1 aromatic rings. The van der Waals surface area contributed by atoms with Crippen LogP contribution in [-0.4, -0.2) is 45.3 Å². The SMILES string of the molecule is COc1cccc(OC)c1[C@H](C1CCC1)N1CCNCC1. The van der Waals surface area contributed by atoms with E-state index >= 15 is 0 Å². The molecule has 1 aliphatic carbocycles. The lowest BCUT2D eigenvalue weighted by molar-refractivity contribution is 0.0799. The van der Waals surface area contributed by atoms with Gasteiger partial charge in [0.05, 0.1) is 19.8 Å². The van der Waals surface area contributed by atoms with E-state index in [1.807, 2.05) is 6.07 Å². The molecule has 0 amide bonds. The molecular formula is C17H26N2O2. The van der Waals surface area contributed by atoms with Gasteiger partial charge in [-0.15, -0.1) is 0 Å². The topological polar surface area (TPSA) is 33.7 Å². The summed E-state index contributed by atoms with van der Waals surface area (Å²) in [5, 5.41) is 3.45. The maximum absolute atomic E-state index is 5.66. The van der Waals surface area contributed by atoms with E-state index in [0.717, 1.165) is 43.6 Å². The summed E-state index contributed by atoms with van der Waals surface area (Å²) < 4.78 is 11.3. The lowest BCUT2D eigenvalue weighted by Crippen LogP contribution is -2.48. The molecule has 1 aromatic carbocycles. The minimum absolute atomic E-state index is 0.423. The van der Waals surface area contributed by atoms with E-state index in [-0.39, 0.29) is 0 Å². The molecule has 0 bridgehead atoms. The quantitative estimate of drug-likeness (QED) is 0.903. The largest absolute Gasteiger partial charge is 0.496 e. The van der Waals surface area contributed by atoms with Crippen molar-refractivity contribution in [2.75, 3.05) is 40.4 Å². The Morgan fingerprint density at radius 2 is 1.71 bits per heavy atom. The van der Waals surface area contributed by atoms with Crippen LogP contribution < -0.4 is 14.8 Å². The smallest absolute Gasteiger partial charge is 0.127 e. The molecule has 2 fully saturated rings. The van der Waals surface area contributed by atoms with E-state index in [2.05, 4.69) is 22.3 Å². The van der Waals surface area contributed by atoms with E-state index in [9.17, 15) is 0 Å². The maximum Gasteiger partial charge on any atom is 0.127 e. The standard InChI is InChI=1S/C17H26N2O2/c1-20-14-7-4-8-15(21-2)16(14)17(13-5-3-6-13)19-11-9-18-10-12-19/h4,7-8,13,17-18H,3,5-6,9-12H2,1-2H3/t17-/m0/s1. The van der Waals surface area contributed by atoms with Crippen molar-refractivity contribution in [1.82, 2.24) is 10.2 Å². The number of ether oxygens (including phenoxy) is 2. The van der Waals surface area contributed by atoms with E-state index < -0.39 is 0 Å². The summed E-state index contributed by atoms with van der Waals surface area (Å²) in [6.07, 6.45) is 3.98. The molecule has 1 N–H and O–H groups in total. The van der Waals surface area contributed by atoms with Gasteiger partial charge in [0, 0.05) is 32.2 Å². The molecule has 21 heavy (non-hydrogen) atoms. The van der Waals surface area contributed by atoms with Gasteiger partial charge < -0.3 is 14.8 Å². The van der Waals surface area contributed by atoms with Gasteiger partial charge in [-0.3, -0.25) is 4.90 Å². The van der Waals surface area contributed by atoms with E-state index in [1.54, 1.807) is 14.2 Å². The average molecular weight is 290 g/mol. The van der Waals surface area contributed by atoms with Crippen LogP contribution in [0.25, 0.3) is 0 Å². The van der Waals surface area contributed by atoms with Crippen molar-refractivity contribution in [2.24, 2.45) is 5.92 Å². The number of methoxy groups -OCH3 is 2. The van der Waals surface area contributed by atoms with Crippen molar-refractivity contribution < 1.29 is 9.47 Å². The van der Waals surface area contributed by atoms with Crippen LogP contribution in [0.4, 0.5) is 0 Å². The van der Waals surface area contributed by atoms with Gasteiger partial charge in [-0.1, -0.05) is 12.5 Å². The molecule has 0 spiro atoms. The average Bonchev–Trinajstić information content (AvgIpc) is 2.50. The fraction of sp³-hybridized carbons (Fsp3) is 0.647. The van der Waals surface area contributed by atoms with Gasteiger partial charge in [0.2, 0.25) is 0 Å². The molecule has 0 radical (unpaired) electrons. The van der Waals surface area contributed by atoms with Gasteiger partial charge in [0.1, 0.15) is 11.5 Å². The highest BCUT2D eigenvalue weighted by molar-refractivity contribution is 5.47. The minimum atomic E-state index is 0.423. The van der Waals surface area contributed by atoms with Gasteiger partial charge >= 0.3 is 0 Å². The Bertz CT molecular complexity index is 446. The molecule has 3 rings (SSSR count). The van der Waals surface area contributed by atoms with Crippen LogP contribution in [0.3, 0.4) is 0 Å². The van der Waals surface area contributed by atoms with Crippen LogP contribution in [0.5, 0.6) is 11.5 Å². The van der Waals surface area contributed by atoms with Crippen LogP contribution in [0, 0.1) is 5.92 Å². The summed E-state index contributed by atoms with van der Waals surface area (Å²) in [5.41, 5.74) is 1.24. The minimum Gasteiger partial charge on any atom is -0.496 e. The second-order valence-corrected chi connectivity index (χ2v) is 6.00. The molecular weight excluding hydrogens is 264 g/mol. The number of rotatable bonds is 5. The summed E-state index contributed by atoms with van der Waals surface area (Å²) in [6, 6.07) is 6.56. The second kappa shape index (κ2) is 6.67. The van der Waals surface area contributed by atoms with Gasteiger partial charge in [0.15, 0.2) is 0 Å². The lowest BCUT2D eigenvalue weighted by Gasteiger charge is -2.44. The molecule has 1 atom stereocenters. The van der Waals surface area contributed by atoms with Crippen LogP contribution in [0.15, 0.2) is 18.2 Å². The zero-order valence-electron chi connectivity index (χ0n) is 13.1. The van der Waals surface area contributed by atoms with Crippen LogP contribution in [0.1, 0.15) is 30.9 Å². The highest BCUT2D eigenvalue weighted by atomic mass is 16.5.